The Labute approximate surface area is 109 Å². The molecule has 102 valence electrons. The number of aliphatic hydroxyl groups excluding tert-OH is 1. The lowest BCUT2D eigenvalue weighted by Gasteiger charge is -2.46. The minimum atomic E-state index is -0.689. The number of carbonyl (C=O) groups is 1. The highest BCUT2D eigenvalue weighted by atomic mass is 16.4. The molecule has 0 aromatic rings. The van der Waals surface area contributed by atoms with E-state index in [9.17, 15) is 15.0 Å². The maximum atomic E-state index is 11.2. The lowest BCUT2D eigenvalue weighted by molar-refractivity contribution is -0.144. The van der Waals surface area contributed by atoms with E-state index < -0.39 is 5.97 Å². The fourth-order valence-electron chi connectivity index (χ4n) is 3.82. The van der Waals surface area contributed by atoms with Crippen LogP contribution in [0.25, 0.3) is 0 Å². The summed E-state index contributed by atoms with van der Waals surface area (Å²) >= 11 is 0. The Morgan fingerprint density at radius 1 is 1.44 bits per heavy atom. The zero-order valence-corrected chi connectivity index (χ0v) is 11.5. The zero-order chi connectivity index (χ0) is 13.4. The summed E-state index contributed by atoms with van der Waals surface area (Å²) in [4.78, 5) is 11.2. The van der Waals surface area contributed by atoms with Crippen molar-refractivity contribution in [1.82, 2.24) is 0 Å². The first-order valence-electron chi connectivity index (χ1n) is 7.01. The van der Waals surface area contributed by atoms with Crippen LogP contribution < -0.4 is 0 Å². The van der Waals surface area contributed by atoms with Crippen molar-refractivity contribution < 1.29 is 15.0 Å². The molecule has 0 unspecified atom stereocenters. The Morgan fingerprint density at radius 2 is 2.11 bits per heavy atom. The van der Waals surface area contributed by atoms with Gasteiger partial charge in [-0.2, -0.15) is 0 Å². The summed E-state index contributed by atoms with van der Waals surface area (Å²) in [5.74, 6) is 0.625. The van der Waals surface area contributed by atoms with Crippen molar-refractivity contribution >= 4 is 5.97 Å². The SMILES string of the molecule is CC1=C[C@H]2[C@@H](C[C@@H]1O)[C@H](C)CC[C@H]2[C@@H](C)C(=O)O. The Kier molecular flexibility index (Phi) is 3.81. The Bertz CT molecular complexity index is 361. The van der Waals surface area contributed by atoms with Crippen LogP contribution in [0.1, 0.15) is 40.0 Å². The highest BCUT2D eigenvalue weighted by Gasteiger charge is 2.43. The number of fused-ring (bicyclic) bond motifs is 1. The Balaban J connectivity index is 2.26. The van der Waals surface area contributed by atoms with Gasteiger partial charge in [0.25, 0.3) is 0 Å². The van der Waals surface area contributed by atoms with Crippen LogP contribution in [0.2, 0.25) is 0 Å². The number of allylic oxidation sites excluding steroid dienone is 1. The zero-order valence-electron chi connectivity index (χ0n) is 11.5. The predicted molar refractivity (Wildman–Crippen MR) is 70.0 cm³/mol. The average Bonchev–Trinajstić information content (AvgIpc) is 2.31. The van der Waals surface area contributed by atoms with Gasteiger partial charge in [-0.05, 0) is 49.0 Å². The number of hydrogen-bond acceptors (Lipinski definition) is 2. The van der Waals surface area contributed by atoms with Gasteiger partial charge in [-0.1, -0.05) is 26.3 Å². The first kappa shape index (κ1) is 13.6. The molecule has 18 heavy (non-hydrogen) atoms. The summed E-state index contributed by atoms with van der Waals surface area (Å²) in [5, 5.41) is 19.2. The van der Waals surface area contributed by atoms with E-state index in [1.807, 2.05) is 13.8 Å². The van der Waals surface area contributed by atoms with Crippen molar-refractivity contribution in [3.63, 3.8) is 0 Å². The number of rotatable bonds is 2. The lowest BCUT2D eigenvalue weighted by atomic mass is 9.59. The molecule has 0 bridgehead atoms. The van der Waals surface area contributed by atoms with Crippen LogP contribution in [-0.4, -0.2) is 22.3 Å². The highest BCUT2D eigenvalue weighted by Crippen LogP contribution is 2.47. The second kappa shape index (κ2) is 5.04. The topological polar surface area (TPSA) is 57.5 Å². The van der Waals surface area contributed by atoms with E-state index in [-0.39, 0.29) is 17.9 Å². The predicted octanol–water partition coefficient (Wildman–Crippen LogP) is 2.70. The van der Waals surface area contributed by atoms with Crippen LogP contribution >= 0.6 is 0 Å². The summed E-state index contributed by atoms with van der Waals surface area (Å²) < 4.78 is 0. The minimum Gasteiger partial charge on any atom is -0.481 e. The van der Waals surface area contributed by atoms with Crippen LogP contribution in [0, 0.1) is 29.6 Å². The largest absolute Gasteiger partial charge is 0.481 e. The standard InChI is InChI=1S/C15H24O3/c1-8-4-5-11(10(3)15(17)18)13-6-9(2)14(16)7-12(8)13/h6,8,10-14,16H,4-5,7H2,1-3H3,(H,17,18)/t8-,10-,11+,12+,13-,14+/m1/s1. The van der Waals surface area contributed by atoms with Crippen molar-refractivity contribution in [1.29, 1.82) is 0 Å². The van der Waals surface area contributed by atoms with Crippen molar-refractivity contribution in [2.45, 2.75) is 46.1 Å². The van der Waals surface area contributed by atoms with Gasteiger partial charge in [0.2, 0.25) is 0 Å². The van der Waals surface area contributed by atoms with Crippen LogP contribution in [-0.2, 0) is 4.79 Å². The molecule has 2 aliphatic carbocycles. The maximum Gasteiger partial charge on any atom is 0.306 e. The fourth-order valence-corrected chi connectivity index (χ4v) is 3.82. The molecular formula is C15H24O3. The second-order valence-electron chi connectivity index (χ2n) is 6.25. The molecule has 1 fully saturated rings. The summed E-state index contributed by atoms with van der Waals surface area (Å²) in [6.07, 6.45) is 4.71. The van der Waals surface area contributed by atoms with E-state index in [2.05, 4.69) is 13.0 Å². The molecule has 0 amide bonds. The molecule has 0 spiro atoms. The van der Waals surface area contributed by atoms with Crippen molar-refractivity contribution in [2.24, 2.45) is 29.6 Å². The first-order valence-corrected chi connectivity index (χ1v) is 7.01. The van der Waals surface area contributed by atoms with Crippen LogP contribution in [0.3, 0.4) is 0 Å². The molecule has 0 aromatic heterocycles. The molecule has 0 saturated heterocycles. The van der Waals surface area contributed by atoms with Gasteiger partial charge >= 0.3 is 5.97 Å². The molecule has 3 heteroatoms. The van der Waals surface area contributed by atoms with Crippen molar-refractivity contribution in [3.05, 3.63) is 11.6 Å². The van der Waals surface area contributed by atoms with E-state index >= 15 is 0 Å². The average molecular weight is 252 g/mol. The van der Waals surface area contributed by atoms with E-state index in [0.29, 0.717) is 17.8 Å². The number of aliphatic carboxylic acids is 1. The van der Waals surface area contributed by atoms with E-state index in [1.165, 1.54) is 0 Å². The van der Waals surface area contributed by atoms with Gasteiger partial charge in [0.15, 0.2) is 0 Å². The Hall–Kier alpha value is -0.830. The van der Waals surface area contributed by atoms with Gasteiger partial charge in [-0.25, -0.2) is 0 Å². The summed E-state index contributed by atoms with van der Waals surface area (Å²) in [6, 6.07) is 0. The van der Waals surface area contributed by atoms with Gasteiger partial charge < -0.3 is 10.2 Å². The Morgan fingerprint density at radius 3 is 2.72 bits per heavy atom. The molecule has 6 atom stereocenters. The van der Waals surface area contributed by atoms with Gasteiger partial charge in [0.1, 0.15) is 0 Å². The quantitative estimate of drug-likeness (QED) is 0.743. The third-order valence-electron chi connectivity index (χ3n) is 5.18. The molecule has 3 nitrogen and oxygen atoms in total. The third-order valence-corrected chi connectivity index (χ3v) is 5.18. The molecule has 0 heterocycles. The molecule has 2 aliphatic rings. The van der Waals surface area contributed by atoms with E-state index in [0.717, 1.165) is 24.8 Å². The number of carboxylic acids is 1. The molecule has 2 N–H and O–H groups in total. The van der Waals surface area contributed by atoms with Gasteiger partial charge in [-0.3, -0.25) is 4.79 Å². The fraction of sp³-hybridized carbons (Fsp3) is 0.800. The minimum absolute atomic E-state index is 0.228. The van der Waals surface area contributed by atoms with E-state index in [4.69, 9.17) is 0 Å². The molecule has 0 aliphatic heterocycles. The van der Waals surface area contributed by atoms with Crippen molar-refractivity contribution in [2.75, 3.05) is 0 Å². The lowest BCUT2D eigenvalue weighted by Crippen LogP contribution is -2.42. The summed E-state index contributed by atoms with van der Waals surface area (Å²) in [5.41, 5.74) is 1.02. The second-order valence-corrected chi connectivity index (χ2v) is 6.25. The van der Waals surface area contributed by atoms with E-state index in [1.54, 1.807) is 0 Å². The van der Waals surface area contributed by atoms with Crippen LogP contribution in [0.15, 0.2) is 11.6 Å². The van der Waals surface area contributed by atoms with Crippen LogP contribution in [0.5, 0.6) is 0 Å². The molecule has 0 radical (unpaired) electrons. The van der Waals surface area contributed by atoms with Crippen LogP contribution in [0.4, 0.5) is 0 Å². The number of carboxylic acid groups (broad SMARTS) is 1. The number of aliphatic hydroxyl groups is 1. The summed E-state index contributed by atoms with van der Waals surface area (Å²) in [7, 11) is 0. The van der Waals surface area contributed by atoms with Gasteiger partial charge in [0.05, 0.1) is 12.0 Å². The van der Waals surface area contributed by atoms with Gasteiger partial charge in [0, 0.05) is 0 Å². The monoisotopic (exact) mass is 252 g/mol. The van der Waals surface area contributed by atoms with Crippen molar-refractivity contribution in [3.8, 4) is 0 Å². The van der Waals surface area contributed by atoms with Gasteiger partial charge in [-0.15, -0.1) is 0 Å². The molecule has 1 saturated carbocycles. The molecular weight excluding hydrogens is 228 g/mol. The maximum absolute atomic E-state index is 11.2. The molecule has 2 rings (SSSR count). The smallest absolute Gasteiger partial charge is 0.306 e. The third kappa shape index (κ3) is 2.33. The number of hydrogen-bond donors (Lipinski definition) is 2. The highest BCUT2D eigenvalue weighted by molar-refractivity contribution is 5.70. The molecule has 0 aromatic carbocycles. The summed E-state index contributed by atoms with van der Waals surface area (Å²) in [6.45, 7) is 6.03. The normalized spacial score (nSPS) is 41.8. The first-order chi connectivity index (χ1) is 8.41.